The van der Waals surface area contributed by atoms with Crippen LogP contribution in [0.25, 0.3) is 10.9 Å². The molecule has 1 aromatic heterocycles. The first-order valence-electron chi connectivity index (χ1n) is 7.67. The maximum Gasteiger partial charge on any atom is 0.331 e. The predicted molar refractivity (Wildman–Crippen MR) is 89.4 cm³/mol. The Labute approximate surface area is 139 Å². The Balaban J connectivity index is 0.000000174. The van der Waals surface area contributed by atoms with Gasteiger partial charge in [-0.05, 0) is 30.7 Å². The molecule has 0 radical (unpaired) electrons. The molecular formula is C17H22N2O5. The van der Waals surface area contributed by atoms with Crippen LogP contribution in [-0.4, -0.2) is 56.2 Å². The molecule has 0 spiro atoms. The fourth-order valence-corrected chi connectivity index (χ4v) is 2.60. The minimum absolute atomic E-state index is 0.0692. The minimum atomic E-state index is -1.29. The maximum atomic E-state index is 10.4. The van der Waals surface area contributed by atoms with Crippen molar-refractivity contribution < 1.29 is 25.2 Å². The van der Waals surface area contributed by atoms with Gasteiger partial charge in [0, 0.05) is 29.1 Å². The number of benzene rings is 1. The summed E-state index contributed by atoms with van der Waals surface area (Å²) in [6, 6.07) is 8.29. The first-order chi connectivity index (χ1) is 11.4. The van der Waals surface area contributed by atoms with Crippen LogP contribution in [0.1, 0.15) is 12.0 Å². The molecule has 0 saturated heterocycles. The van der Waals surface area contributed by atoms with Crippen molar-refractivity contribution in [2.24, 2.45) is 5.73 Å². The Bertz CT molecular complexity index is 725. The molecular weight excluding hydrogens is 312 g/mol. The van der Waals surface area contributed by atoms with Gasteiger partial charge in [-0.25, -0.2) is 4.79 Å². The molecule has 2 aromatic rings. The molecule has 3 atom stereocenters. The number of carboxylic acids is 1. The molecule has 130 valence electrons. The number of fused-ring (bicyclic) bond motifs is 1. The number of aromatic nitrogens is 1. The summed E-state index contributed by atoms with van der Waals surface area (Å²) < 4.78 is 0. The van der Waals surface area contributed by atoms with Gasteiger partial charge in [0.1, 0.15) is 12.2 Å². The van der Waals surface area contributed by atoms with E-state index in [1.807, 2.05) is 12.3 Å². The summed E-state index contributed by atoms with van der Waals surface area (Å²) in [5.74, 6) is -1.18. The Hall–Kier alpha value is -2.19. The van der Waals surface area contributed by atoms with E-state index in [1.54, 1.807) is 0 Å². The lowest BCUT2D eigenvalue weighted by atomic mass is 9.92. The summed E-state index contributed by atoms with van der Waals surface area (Å²) in [4.78, 5) is 13.6. The topological polar surface area (TPSA) is 140 Å². The fraction of sp³-hybridized carbons (Fsp3) is 0.353. The average molecular weight is 334 g/mol. The second-order valence-electron chi connectivity index (χ2n) is 5.65. The zero-order valence-electron chi connectivity index (χ0n) is 13.1. The lowest BCUT2D eigenvalue weighted by Gasteiger charge is -2.25. The van der Waals surface area contributed by atoms with Crippen molar-refractivity contribution in [3.8, 4) is 0 Å². The van der Waals surface area contributed by atoms with Crippen LogP contribution in [0, 0.1) is 0 Å². The molecule has 24 heavy (non-hydrogen) atoms. The van der Waals surface area contributed by atoms with E-state index >= 15 is 0 Å². The molecule has 0 aliphatic heterocycles. The lowest BCUT2D eigenvalue weighted by Crippen LogP contribution is -2.40. The van der Waals surface area contributed by atoms with E-state index in [-0.39, 0.29) is 12.0 Å². The van der Waals surface area contributed by atoms with Crippen LogP contribution in [0.2, 0.25) is 0 Å². The number of aliphatic hydroxyl groups excluding tert-OH is 3. The first-order valence-corrected chi connectivity index (χ1v) is 7.67. The van der Waals surface area contributed by atoms with Gasteiger partial charge in [-0.15, -0.1) is 0 Å². The largest absolute Gasteiger partial charge is 0.478 e. The van der Waals surface area contributed by atoms with Crippen LogP contribution in [0.15, 0.2) is 42.1 Å². The summed E-state index contributed by atoms with van der Waals surface area (Å²) >= 11 is 0. The van der Waals surface area contributed by atoms with Gasteiger partial charge in [0.15, 0.2) is 0 Å². The molecule has 1 heterocycles. The highest BCUT2D eigenvalue weighted by Gasteiger charge is 2.31. The van der Waals surface area contributed by atoms with Gasteiger partial charge in [0.2, 0.25) is 0 Å². The van der Waals surface area contributed by atoms with Gasteiger partial charge < -0.3 is 31.1 Å². The highest BCUT2D eigenvalue weighted by atomic mass is 16.4. The number of aliphatic hydroxyl groups is 3. The Kier molecular flexibility index (Phi) is 6.10. The van der Waals surface area contributed by atoms with Crippen molar-refractivity contribution in [3.63, 3.8) is 0 Å². The molecule has 3 rings (SSSR count). The van der Waals surface area contributed by atoms with E-state index in [0.29, 0.717) is 6.54 Å². The second-order valence-corrected chi connectivity index (χ2v) is 5.65. The van der Waals surface area contributed by atoms with Crippen molar-refractivity contribution in [1.29, 1.82) is 0 Å². The first kappa shape index (κ1) is 18.2. The van der Waals surface area contributed by atoms with Gasteiger partial charge >= 0.3 is 5.97 Å². The van der Waals surface area contributed by atoms with Gasteiger partial charge in [-0.1, -0.05) is 18.2 Å². The molecule has 0 saturated carbocycles. The normalized spacial score (nSPS) is 23.3. The van der Waals surface area contributed by atoms with E-state index < -0.39 is 24.3 Å². The smallest absolute Gasteiger partial charge is 0.331 e. The molecule has 1 aliphatic rings. The molecule has 7 N–H and O–H groups in total. The number of nitrogens with one attached hydrogen (secondary N) is 1. The summed E-state index contributed by atoms with van der Waals surface area (Å²) in [7, 11) is 0. The van der Waals surface area contributed by atoms with E-state index in [2.05, 4.69) is 23.2 Å². The molecule has 1 aliphatic carbocycles. The predicted octanol–water partition coefficient (Wildman–Crippen LogP) is 0.153. The number of hydrogen-bond acceptors (Lipinski definition) is 5. The summed E-state index contributed by atoms with van der Waals surface area (Å²) in [6.45, 7) is 0.710. The zero-order chi connectivity index (χ0) is 17.7. The van der Waals surface area contributed by atoms with E-state index in [1.165, 1.54) is 16.5 Å². The number of H-pyrrole nitrogens is 1. The SMILES string of the molecule is NCCc1c[nH]c2ccccc12.O=C(O)C1=CC(O)C(O)C(O)C1. The maximum absolute atomic E-state index is 10.4. The lowest BCUT2D eigenvalue weighted by molar-refractivity contribution is -0.134. The van der Waals surface area contributed by atoms with Crippen LogP contribution < -0.4 is 5.73 Å². The zero-order valence-corrected chi connectivity index (χ0v) is 13.1. The van der Waals surface area contributed by atoms with E-state index in [4.69, 9.17) is 26.2 Å². The van der Waals surface area contributed by atoms with Crippen molar-refractivity contribution in [2.45, 2.75) is 31.2 Å². The number of rotatable bonds is 3. The van der Waals surface area contributed by atoms with Crippen LogP contribution in [-0.2, 0) is 11.2 Å². The second kappa shape index (κ2) is 8.07. The van der Waals surface area contributed by atoms with Crippen molar-refractivity contribution >= 4 is 16.9 Å². The van der Waals surface area contributed by atoms with Crippen LogP contribution in [0.4, 0.5) is 0 Å². The van der Waals surface area contributed by atoms with E-state index in [9.17, 15) is 4.79 Å². The van der Waals surface area contributed by atoms with Crippen LogP contribution >= 0.6 is 0 Å². The minimum Gasteiger partial charge on any atom is -0.478 e. The summed E-state index contributed by atoms with van der Waals surface area (Å²) in [5.41, 5.74) is 7.94. The number of carbonyl (C=O) groups is 1. The molecule has 7 heteroatoms. The Morgan fingerprint density at radius 2 is 1.96 bits per heavy atom. The van der Waals surface area contributed by atoms with Gasteiger partial charge in [-0.3, -0.25) is 0 Å². The van der Waals surface area contributed by atoms with Gasteiger partial charge in [-0.2, -0.15) is 0 Å². The Morgan fingerprint density at radius 3 is 2.58 bits per heavy atom. The number of aromatic amines is 1. The van der Waals surface area contributed by atoms with Crippen molar-refractivity contribution in [3.05, 3.63) is 47.7 Å². The third-order valence-corrected chi connectivity index (χ3v) is 3.91. The van der Waals surface area contributed by atoms with Crippen LogP contribution in [0.3, 0.4) is 0 Å². The number of aliphatic carboxylic acids is 1. The third-order valence-electron chi connectivity index (χ3n) is 3.91. The summed E-state index contributed by atoms with van der Waals surface area (Å²) in [6.07, 6.45) is 0.124. The van der Waals surface area contributed by atoms with Crippen molar-refractivity contribution in [1.82, 2.24) is 4.98 Å². The Morgan fingerprint density at radius 1 is 1.25 bits per heavy atom. The number of hydrogen-bond donors (Lipinski definition) is 6. The fourth-order valence-electron chi connectivity index (χ4n) is 2.60. The number of carboxylic acid groups (broad SMARTS) is 1. The monoisotopic (exact) mass is 334 g/mol. The molecule has 3 unspecified atom stereocenters. The highest BCUT2D eigenvalue weighted by molar-refractivity contribution is 5.87. The molecule has 0 fully saturated rings. The highest BCUT2D eigenvalue weighted by Crippen LogP contribution is 2.19. The standard InChI is InChI=1S/C10H12N2.C7H10O5/c11-6-5-8-7-12-10-4-2-1-3-9(8)10;8-4-1-3(7(11)12)2-5(9)6(4)10/h1-4,7,12H,5-6,11H2;1,4-6,8-10H,2H2,(H,11,12). The van der Waals surface area contributed by atoms with Gasteiger partial charge in [0.25, 0.3) is 0 Å². The van der Waals surface area contributed by atoms with Crippen molar-refractivity contribution in [2.75, 3.05) is 6.54 Å². The van der Waals surface area contributed by atoms with Gasteiger partial charge in [0.05, 0.1) is 6.10 Å². The average Bonchev–Trinajstić information content (AvgIpc) is 2.96. The quantitative estimate of drug-likeness (QED) is 0.472. The molecule has 7 nitrogen and oxygen atoms in total. The molecule has 0 amide bonds. The van der Waals surface area contributed by atoms with E-state index in [0.717, 1.165) is 12.5 Å². The molecule has 0 bridgehead atoms. The number of nitrogens with two attached hydrogens (primary N) is 1. The van der Waals surface area contributed by atoms with Crippen LogP contribution in [0.5, 0.6) is 0 Å². The third kappa shape index (κ3) is 4.21. The number of para-hydroxylation sites is 1. The molecule has 1 aromatic carbocycles. The summed E-state index contributed by atoms with van der Waals surface area (Å²) in [5, 5.41) is 36.9.